The van der Waals surface area contributed by atoms with Gasteiger partial charge in [0.25, 0.3) is 0 Å². The summed E-state index contributed by atoms with van der Waals surface area (Å²) in [5, 5.41) is 14.6. The number of aliphatic carboxylic acids is 1. The minimum absolute atomic E-state index is 0.0496. The van der Waals surface area contributed by atoms with Crippen molar-refractivity contribution < 1.29 is 14.7 Å². The Morgan fingerprint density at radius 1 is 1.19 bits per heavy atom. The molecule has 0 spiro atoms. The lowest BCUT2D eigenvalue weighted by Gasteiger charge is -2.31. The highest BCUT2D eigenvalue weighted by molar-refractivity contribution is 5.76. The van der Waals surface area contributed by atoms with Gasteiger partial charge in [0.2, 0.25) is 0 Å². The van der Waals surface area contributed by atoms with Gasteiger partial charge < -0.3 is 20.6 Å². The number of carbonyl (C=O) groups is 2. The highest BCUT2D eigenvalue weighted by Crippen LogP contribution is 2.21. The molecule has 0 aromatic heterocycles. The van der Waals surface area contributed by atoms with E-state index in [0.717, 1.165) is 19.6 Å². The molecule has 2 unspecified atom stereocenters. The molecule has 6 nitrogen and oxygen atoms in total. The van der Waals surface area contributed by atoms with E-state index in [-0.39, 0.29) is 23.9 Å². The van der Waals surface area contributed by atoms with Crippen LogP contribution in [0.15, 0.2) is 0 Å². The molecular formula is C15H29N3O3. The Morgan fingerprint density at radius 2 is 1.76 bits per heavy atom. The van der Waals surface area contributed by atoms with Crippen LogP contribution in [0.5, 0.6) is 0 Å². The third-order valence-electron chi connectivity index (χ3n) is 3.84. The Morgan fingerprint density at radius 3 is 2.24 bits per heavy atom. The number of hydrogen-bond acceptors (Lipinski definition) is 3. The molecule has 0 aliphatic carbocycles. The van der Waals surface area contributed by atoms with Gasteiger partial charge in [-0.3, -0.25) is 4.79 Å². The standard InChI is InChI=1S/C15H29N3O3/c1-11(10-18-7-5-6-8-18)16-14(21)17-12(9-13(19)20)15(2,3)4/h11-12H,5-10H2,1-4H3,(H,19,20)(H2,16,17,21). The Hall–Kier alpha value is -1.30. The average molecular weight is 299 g/mol. The van der Waals surface area contributed by atoms with Crippen LogP contribution in [-0.2, 0) is 4.79 Å². The summed E-state index contributed by atoms with van der Waals surface area (Å²) in [6, 6.07) is -0.634. The van der Waals surface area contributed by atoms with E-state index in [0.29, 0.717) is 0 Å². The minimum atomic E-state index is -0.902. The Balaban J connectivity index is 2.43. The highest BCUT2D eigenvalue weighted by atomic mass is 16.4. The van der Waals surface area contributed by atoms with Gasteiger partial charge in [0.1, 0.15) is 0 Å². The molecule has 0 aromatic rings. The van der Waals surface area contributed by atoms with E-state index >= 15 is 0 Å². The normalized spacial score (nSPS) is 19.0. The van der Waals surface area contributed by atoms with Crippen LogP contribution < -0.4 is 10.6 Å². The number of amides is 2. The molecule has 1 aliphatic heterocycles. The summed E-state index contributed by atoms with van der Waals surface area (Å²) in [6.07, 6.45) is 2.38. The third-order valence-corrected chi connectivity index (χ3v) is 3.84. The summed E-state index contributed by atoms with van der Waals surface area (Å²) in [5.74, 6) is -0.902. The molecule has 3 N–H and O–H groups in total. The lowest BCUT2D eigenvalue weighted by molar-refractivity contribution is -0.138. The Bertz CT molecular complexity index is 360. The third kappa shape index (κ3) is 6.80. The van der Waals surface area contributed by atoms with Gasteiger partial charge in [-0.15, -0.1) is 0 Å². The number of hydrogen-bond donors (Lipinski definition) is 3. The maximum Gasteiger partial charge on any atom is 0.315 e. The van der Waals surface area contributed by atoms with Crippen LogP contribution in [0, 0.1) is 5.41 Å². The number of urea groups is 1. The summed E-state index contributed by atoms with van der Waals surface area (Å²) in [6.45, 7) is 10.8. The summed E-state index contributed by atoms with van der Waals surface area (Å²) in [7, 11) is 0. The second-order valence-electron chi connectivity index (χ2n) is 7.04. The molecule has 1 fully saturated rings. The topological polar surface area (TPSA) is 81.7 Å². The number of nitrogens with zero attached hydrogens (tertiary/aromatic N) is 1. The quantitative estimate of drug-likeness (QED) is 0.696. The molecule has 21 heavy (non-hydrogen) atoms. The van der Waals surface area contributed by atoms with E-state index < -0.39 is 12.0 Å². The molecule has 2 amide bonds. The second-order valence-corrected chi connectivity index (χ2v) is 7.04. The van der Waals surface area contributed by atoms with Gasteiger partial charge in [-0.05, 0) is 38.3 Å². The number of likely N-dealkylation sites (tertiary alicyclic amines) is 1. The monoisotopic (exact) mass is 299 g/mol. The van der Waals surface area contributed by atoms with Crippen molar-refractivity contribution in [1.29, 1.82) is 0 Å². The highest BCUT2D eigenvalue weighted by Gasteiger charge is 2.28. The van der Waals surface area contributed by atoms with Crippen molar-refractivity contribution in [3.05, 3.63) is 0 Å². The molecule has 1 aliphatic rings. The predicted molar refractivity (Wildman–Crippen MR) is 82.3 cm³/mol. The zero-order valence-electron chi connectivity index (χ0n) is 13.6. The lowest BCUT2D eigenvalue weighted by Crippen LogP contribution is -2.52. The fourth-order valence-electron chi connectivity index (χ4n) is 2.57. The Kier molecular flexibility index (Phi) is 6.45. The van der Waals surface area contributed by atoms with Crippen LogP contribution >= 0.6 is 0 Å². The van der Waals surface area contributed by atoms with Crippen molar-refractivity contribution in [3.63, 3.8) is 0 Å². The van der Waals surface area contributed by atoms with Crippen LogP contribution in [-0.4, -0.2) is 53.7 Å². The van der Waals surface area contributed by atoms with Gasteiger partial charge in [-0.25, -0.2) is 4.79 Å². The van der Waals surface area contributed by atoms with E-state index in [1.807, 2.05) is 27.7 Å². The first kappa shape index (κ1) is 17.8. The van der Waals surface area contributed by atoms with E-state index in [2.05, 4.69) is 15.5 Å². The van der Waals surface area contributed by atoms with Crippen LogP contribution in [0.4, 0.5) is 4.79 Å². The van der Waals surface area contributed by atoms with Crippen LogP contribution in [0.3, 0.4) is 0 Å². The summed E-state index contributed by atoms with van der Waals surface area (Å²) in [5.41, 5.74) is -0.298. The molecule has 0 bridgehead atoms. The molecule has 0 radical (unpaired) electrons. The molecular weight excluding hydrogens is 270 g/mol. The second kappa shape index (κ2) is 7.64. The molecule has 0 aromatic carbocycles. The first-order valence-corrected chi connectivity index (χ1v) is 7.69. The van der Waals surface area contributed by atoms with Crippen molar-refractivity contribution in [2.24, 2.45) is 5.41 Å². The predicted octanol–water partition coefficient (Wildman–Crippen LogP) is 1.66. The molecule has 6 heteroatoms. The maximum absolute atomic E-state index is 12.0. The summed E-state index contributed by atoms with van der Waals surface area (Å²) < 4.78 is 0. The zero-order chi connectivity index (χ0) is 16.0. The first-order valence-electron chi connectivity index (χ1n) is 7.69. The van der Waals surface area contributed by atoms with E-state index in [9.17, 15) is 9.59 Å². The van der Waals surface area contributed by atoms with Gasteiger partial charge >= 0.3 is 12.0 Å². The summed E-state index contributed by atoms with van der Waals surface area (Å²) >= 11 is 0. The van der Waals surface area contributed by atoms with Crippen molar-refractivity contribution in [2.45, 2.75) is 59.0 Å². The minimum Gasteiger partial charge on any atom is -0.481 e. The lowest BCUT2D eigenvalue weighted by atomic mass is 9.85. The van der Waals surface area contributed by atoms with Crippen molar-refractivity contribution in [1.82, 2.24) is 15.5 Å². The van der Waals surface area contributed by atoms with Crippen molar-refractivity contribution in [2.75, 3.05) is 19.6 Å². The smallest absolute Gasteiger partial charge is 0.315 e. The van der Waals surface area contributed by atoms with E-state index in [4.69, 9.17) is 5.11 Å². The van der Waals surface area contributed by atoms with E-state index in [1.165, 1.54) is 12.8 Å². The van der Waals surface area contributed by atoms with Crippen molar-refractivity contribution >= 4 is 12.0 Å². The molecule has 122 valence electrons. The number of nitrogens with one attached hydrogen (secondary N) is 2. The molecule has 2 atom stereocenters. The molecule has 0 saturated carbocycles. The number of carboxylic acids is 1. The summed E-state index contributed by atoms with van der Waals surface area (Å²) in [4.78, 5) is 25.3. The fourth-order valence-corrected chi connectivity index (χ4v) is 2.57. The molecule has 1 heterocycles. The van der Waals surface area contributed by atoms with Gasteiger partial charge in [0, 0.05) is 18.6 Å². The zero-order valence-corrected chi connectivity index (χ0v) is 13.6. The van der Waals surface area contributed by atoms with Crippen LogP contribution in [0.1, 0.15) is 47.0 Å². The number of carbonyl (C=O) groups excluding carboxylic acids is 1. The maximum atomic E-state index is 12.0. The van der Waals surface area contributed by atoms with Gasteiger partial charge in [0.15, 0.2) is 0 Å². The first-order chi connectivity index (χ1) is 9.68. The molecule has 1 rings (SSSR count). The van der Waals surface area contributed by atoms with E-state index in [1.54, 1.807) is 0 Å². The fraction of sp³-hybridized carbons (Fsp3) is 0.867. The van der Waals surface area contributed by atoms with Crippen LogP contribution in [0.2, 0.25) is 0 Å². The largest absolute Gasteiger partial charge is 0.481 e. The number of carboxylic acid groups (broad SMARTS) is 1. The SMILES string of the molecule is CC(CN1CCCC1)NC(=O)NC(CC(=O)O)C(C)(C)C. The van der Waals surface area contributed by atoms with Gasteiger partial charge in [-0.1, -0.05) is 20.8 Å². The Labute approximate surface area is 127 Å². The number of rotatable bonds is 6. The average Bonchev–Trinajstić information content (AvgIpc) is 2.78. The van der Waals surface area contributed by atoms with Gasteiger partial charge in [0.05, 0.1) is 6.42 Å². The van der Waals surface area contributed by atoms with Gasteiger partial charge in [-0.2, -0.15) is 0 Å². The van der Waals surface area contributed by atoms with Crippen molar-refractivity contribution in [3.8, 4) is 0 Å². The molecule has 1 saturated heterocycles. The van der Waals surface area contributed by atoms with Crippen LogP contribution in [0.25, 0.3) is 0 Å².